The first-order chi connectivity index (χ1) is 12.6. The van der Waals surface area contributed by atoms with E-state index < -0.39 is 5.97 Å². The second-order valence-corrected chi connectivity index (χ2v) is 7.97. The molecule has 1 aliphatic rings. The number of carbonyl (C=O) groups is 3. The number of benzene rings is 1. The van der Waals surface area contributed by atoms with Gasteiger partial charge in [0.15, 0.2) is 0 Å². The topological polar surface area (TPSA) is 72.9 Å². The van der Waals surface area contributed by atoms with Crippen LogP contribution >= 0.6 is 11.8 Å². The van der Waals surface area contributed by atoms with Crippen LogP contribution in [0.5, 0.6) is 5.75 Å². The molecule has 0 spiro atoms. The van der Waals surface area contributed by atoms with Crippen LogP contribution in [0.3, 0.4) is 0 Å². The molecule has 0 atom stereocenters. The zero-order valence-corrected chi connectivity index (χ0v) is 16.9. The average Bonchev–Trinajstić information content (AvgIpc) is 2.58. The molecule has 0 saturated carbocycles. The number of hydrogen-bond donors (Lipinski definition) is 0. The van der Waals surface area contributed by atoms with Crippen molar-refractivity contribution >= 4 is 35.7 Å². The maximum atomic E-state index is 12.6. The molecule has 7 heteroatoms. The second-order valence-electron chi connectivity index (χ2n) is 7.02. The molecule has 0 radical (unpaired) electrons. The third-order valence-corrected chi connectivity index (χ3v) is 4.60. The van der Waals surface area contributed by atoms with Gasteiger partial charge in [-0.2, -0.15) is 0 Å². The Morgan fingerprint density at radius 2 is 1.96 bits per heavy atom. The van der Waals surface area contributed by atoms with Gasteiger partial charge in [-0.15, -0.1) is 0 Å². The van der Waals surface area contributed by atoms with Gasteiger partial charge in [0.05, 0.1) is 12.0 Å². The highest BCUT2D eigenvalue weighted by Gasteiger charge is 2.24. The number of rotatable bonds is 4. The number of amides is 1. The summed E-state index contributed by atoms with van der Waals surface area (Å²) in [5.74, 6) is -0.630. The van der Waals surface area contributed by atoms with Gasteiger partial charge < -0.3 is 14.4 Å². The lowest BCUT2D eigenvalue weighted by atomic mass is 9.85. The first kappa shape index (κ1) is 20.8. The molecule has 0 fully saturated rings. The second kappa shape index (κ2) is 8.43. The Labute approximate surface area is 163 Å². The summed E-state index contributed by atoms with van der Waals surface area (Å²) in [5.41, 5.74) is 1.42. The van der Waals surface area contributed by atoms with E-state index >= 15 is 0 Å². The minimum absolute atomic E-state index is 0.137. The molecule has 0 saturated heterocycles. The Kier molecular flexibility index (Phi) is 6.49. The standard InChI is InChI=1S/C20H23NO5S/c1-13(22)26-16-7-6-14(10-15(16)20(2,3)4)11-17-19(24)21(8-9-27-17)12-18(23)25-5/h6-11H,12H2,1-5H3/b17-11+. The molecule has 1 aromatic rings. The fourth-order valence-electron chi connectivity index (χ4n) is 2.48. The molecule has 144 valence electrons. The number of carbonyl (C=O) groups excluding carboxylic acids is 3. The Morgan fingerprint density at radius 3 is 2.56 bits per heavy atom. The molecule has 0 bridgehead atoms. The lowest BCUT2D eigenvalue weighted by Crippen LogP contribution is -2.33. The fraction of sp³-hybridized carbons (Fsp3) is 0.350. The zero-order chi connectivity index (χ0) is 20.2. The molecule has 6 nitrogen and oxygen atoms in total. The van der Waals surface area contributed by atoms with Crippen LogP contribution in [-0.4, -0.2) is 36.4 Å². The summed E-state index contributed by atoms with van der Waals surface area (Å²) in [7, 11) is 1.28. The average molecular weight is 389 g/mol. The highest BCUT2D eigenvalue weighted by Crippen LogP contribution is 2.34. The maximum Gasteiger partial charge on any atom is 0.325 e. The van der Waals surface area contributed by atoms with Crippen molar-refractivity contribution in [3.63, 3.8) is 0 Å². The summed E-state index contributed by atoms with van der Waals surface area (Å²) in [6, 6.07) is 5.42. The van der Waals surface area contributed by atoms with Crippen LogP contribution < -0.4 is 4.74 Å². The predicted octanol–water partition coefficient (Wildman–Crippen LogP) is 3.47. The van der Waals surface area contributed by atoms with Gasteiger partial charge in [-0.05, 0) is 34.6 Å². The van der Waals surface area contributed by atoms with Crippen LogP contribution in [0, 0.1) is 0 Å². The number of methoxy groups -OCH3 is 1. The fourth-order valence-corrected chi connectivity index (χ4v) is 3.26. The summed E-state index contributed by atoms with van der Waals surface area (Å²) in [6.07, 6.45) is 3.32. The van der Waals surface area contributed by atoms with Crippen molar-refractivity contribution in [2.75, 3.05) is 13.7 Å². The molecule has 1 amide bonds. The lowest BCUT2D eigenvalue weighted by Gasteiger charge is -2.23. The minimum Gasteiger partial charge on any atom is -0.468 e. The van der Waals surface area contributed by atoms with E-state index in [1.807, 2.05) is 26.8 Å². The molecular formula is C20H23NO5S. The van der Waals surface area contributed by atoms with Gasteiger partial charge >= 0.3 is 11.9 Å². The quantitative estimate of drug-likeness (QED) is 0.446. The third kappa shape index (κ3) is 5.47. The number of ether oxygens (including phenoxy) is 2. The van der Waals surface area contributed by atoms with Gasteiger partial charge in [-0.25, -0.2) is 0 Å². The summed E-state index contributed by atoms with van der Waals surface area (Å²) in [5, 5.41) is 1.74. The molecule has 0 unspecified atom stereocenters. The Balaban J connectivity index is 2.35. The van der Waals surface area contributed by atoms with Crippen molar-refractivity contribution in [1.82, 2.24) is 4.90 Å². The predicted molar refractivity (Wildman–Crippen MR) is 105 cm³/mol. The van der Waals surface area contributed by atoms with Gasteiger partial charge in [-0.1, -0.05) is 38.6 Å². The summed E-state index contributed by atoms with van der Waals surface area (Å²) in [4.78, 5) is 37.2. The Bertz CT molecular complexity index is 820. The number of nitrogens with zero attached hydrogens (tertiary/aromatic N) is 1. The number of esters is 2. The number of hydrogen-bond acceptors (Lipinski definition) is 6. The van der Waals surface area contributed by atoms with Crippen molar-refractivity contribution in [2.45, 2.75) is 33.1 Å². The van der Waals surface area contributed by atoms with E-state index in [4.69, 9.17) is 4.74 Å². The molecule has 1 aliphatic heterocycles. The van der Waals surface area contributed by atoms with E-state index in [-0.39, 0.29) is 23.8 Å². The van der Waals surface area contributed by atoms with Crippen LogP contribution in [0.25, 0.3) is 6.08 Å². The van der Waals surface area contributed by atoms with Crippen LogP contribution in [-0.2, 0) is 24.5 Å². The Morgan fingerprint density at radius 1 is 1.26 bits per heavy atom. The first-order valence-electron chi connectivity index (χ1n) is 8.37. The van der Waals surface area contributed by atoms with Gasteiger partial charge in [0.1, 0.15) is 12.3 Å². The molecule has 0 aromatic heterocycles. The largest absolute Gasteiger partial charge is 0.468 e. The van der Waals surface area contributed by atoms with Crippen LogP contribution in [0.4, 0.5) is 0 Å². The van der Waals surface area contributed by atoms with Gasteiger partial charge in [0.25, 0.3) is 5.91 Å². The maximum absolute atomic E-state index is 12.6. The van der Waals surface area contributed by atoms with Gasteiger partial charge in [0, 0.05) is 18.7 Å². The SMILES string of the molecule is COC(=O)CN1C=CS/C(=C/c2ccc(OC(C)=O)c(C(C)(C)C)c2)C1=O. The number of thioether (sulfide) groups is 1. The monoisotopic (exact) mass is 389 g/mol. The van der Waals surface area contributed by atoms with E-state index in [0.717, 1.165) is 11.1 Å². The van der Waals surface area contributed by atoms with E-state index in [1.165, 1.54) is 30.7 Å². The van der Waals surface area contributed by atoms with E-state index in [1.54, 1.807) is 29.8 Å². The third-order valence-electron chi connectivity index (χ3n) is 3.80. The van der Waals surface area contributed by atoms with Gasteiger partial charge in [-0.3, -0.25) is 14.4 Å². The first-order valence-corrected chi connectivity index (χ1v) is 9.25. The van der Waals surface area contributed by atoms with Crippen LogP contribution in [0.1, 0.15) is 38.8 Å². The normalized spacial score (nSPS) is 15.8. The molecule has 0 N–H and O–H groups in total. The Hall–Kier alpha value is -2.54. The molecule has 1 aromatic carbocycles. The van der Waals surface area contributed by atoms with Crippen molar-refractivity contribution in [1.29, 1.82) is 0 Å². The molecule has 0 aliphatic carbocycles. The van der Waals surface area contributed by atoms with Crippen molar-refractivity contribution in [2.24, 2.45) is 0 Å². The minimum atomic E-state index is -0.486. The zero-order valence-electron chi connectivity index (χ0n) is 16.1. The summed E-state index contributed by atoms with van der Waals surface area (Å²) in [6.45, 7) is 7.29. The van der Waals surface area contributed by atoms with E-state index in [0.29, 0.717) is 10.7 Å². The smallest absolute Gasteiger partial charge is 0.325 e. The molecule has 2 rings (SSSR count). The van der Waals surface area contributed by atoms with E-state index in [9.17, 15) is 14.4 Å². The molecule has 27 heavy (non-hydrogen) atoms. The van der Waals surface area contributed by atoms with Crippen molar-refractivity contribution < 1.29 is 23.9 Å². The summed E-state index contributed by atoms with van der Waals surface area (Å²) < 4.78 is 9.93. The highest BCUT2D eigenvalue weighted by molar-refractivity contribution is 8.06. The van der Waals surface area contributed by atoms with Crippen molar-refractivity contribution in [3.05, 3.63) is 45.8 Å². The lowest BCUT2D eigenvalue weighted by molar-refractivity contribution is -0.144. The van der Waals surface area contributed by atoms with Crippen LogP contribution in [0.15, 0.2) is 34.7 Å². The highest BCUT2D eigenvalue weighted by atomic mass is 32.2. The summed E-state index contributed by atoms with van der Waals surface area (Å²) >= 11 is 1.28. The molecule has 1 heterocycles. The van der Waals surface area contributed by atoms with Crippen LogP contribution in [0.2, 0.25) is 0 Å². The molecular weight excluding hydrogens is 366 g/mol. The van der Waals surface area contributed by atoms with Gasteiger partial charge in [0.2, 0.25) is 0 Å². The van der Waals surface area contributed by atoms with Crippen molar-refractivity contribution in [3.8, 4) is 5.75 Å². The van der Waals surface area contributed by atoms with E-state index in [2.05, 4.69) is 4.74 Å².